The molecule has 5 aromatic rings. The van der Waals surface area contributed by atoms with Gasteiger partial charge in [-0.3, -0.25) is 0 Å². The minimum atomic E-state index is 0.146. The molecule has 0 radical (unpaired) electrons. The summed E-state index contributed by atoms with van der Waals surface area (Å²) >= 11 is 0. The Hall–Kier alpha value is -3.20. The van der Waals surface area contributed by atoms with Crippen molar-refractivity contribution in [1.29, 1.82) is 0 Å². The SMILES string of the molecule is Cc1cc2c(oc3cc4c5c(ccc4cc32)C(C)(C)CCC5(C)C)c(-c2ccnc[n+]2C)c1C. The van der Waals surface area contributed by atoms with E-state index < -0.39 is 0 Å². The minimum absolute atomic E-state index is 0.146. The van der Waals surface area contributed by atoms with Crippen LogP contribution >= 0.6 is 0 Å². The molecule has 0 aliphatic heterocycles. The van der Waals surface area contributed by atoms with Crippen LogP contribution in [-0.4, -0.2) is 4.98 Å². The number of aryl methyl sites for hydroxylation is 2. The van der Waals surface area contributed by atoms with Crippen molar-refractivity contribution in [3.05, 3.63) is 71.2 Å². The predicted molar refractivity (Wildman–Crippen MR) is 140 cm³/mol. The van der Waals surface area contributed by atoms with Crippen molar-refractivity contribution < 1.29 is 8.98 Å². The average molecular weight is 450 g/mol. The predicted octanol–water partition coefficient (Wildman–Crippen LogP) is 7.59. The maximum absolute atomic E-state index is 6.71. The molecule has 2 aromatic heterocycles. The Morgan fingerprint density at radius 1 is 0.882 bits per heavy atom. The lowest BCUT2D eigenvalue weighted by molar-refractivity contribution is -0.663. The normalized spacial score (nSPS) is 16.9. The summed E-state index contributed by atoms with van der Waals surface area (Å²) in [5.74, 6) is 0. The van der Waals surface area contributed by atoms with E-state index in [9.17, 15) is 0 Å². The van der Waals surface area contributed by atoms with E-state index >= 15 is 0 Å². The van der Waals surface area contributed by atoms with Crippen LogP contribution < -0.4 is 4.57 Å². The van der Waals surface area contributed by atoms with Crippen LogP contribution in [0.5, 0.6) is 0 Å². The lowest BCUT2D eigenvalue weighted by Gasteiger charge is -2.42. The van der Waals surface area contributed by atoms with E-state index in [1.807, 2.05) is 19.6 Å². The Balaban J connectivity index is 1.74. The minimum Gasteiger partial charge on any atom is -0.455 e. The molecule has 2 heterocycles. The molecule has 0 amide bonds. The second-order valence-corrected chi connectivity index (χ2v) is 11.6. The third-order valence-electron chi connectivity index (χ3n) is 8.40. The van der Waals surface area contributed by atoms with Crippen molar-refractivity contribution in [3.63, 3.8) is 0 Å². The van der Waals surface area contributed by atoms with Crippen LogP contribution in [-0.2, 0) is 17.9 Å². The highest BCUT2D eigenvalue weighted by Gasteiger charge is 2.38. The summed E-state index contributed by atoms with van der Waals surface area (Å²) in [7, 11) is 2.04. The average Bonchev–Trinajstić information content (AvgIpc) is 3.13. The van der Waals surface area contributed by atoms with E-state index in [0.29, 0.717) is 0 Å². The van der Waals surface area contributed by atoms with Gasteiger partial charge in [0, 0.05) is 16.8 Å². The first-order chi connectivity index (χ1) is 16.1. The maximum Gasteiger partial charge on any atom is 0.286 e. The fraction of sp³-hybridized carbons (Fsp3) is 0.355. The lowest BCUT2D eigenvalue weighted by atomic mass is 9.62. The quantitative estimate of drug-likeness (QED) is 0.247. The van der Waals surface area contributed by atoms with Crippen LogP contribution in [0.4, 0.5) is 0 Å². The summed E-state index contributed by atoms with van der Waals surface area (Å²) in [6.07, 6.45) is 6.13. The molecule has 34 heavy (non-hydrogen) atoms. The zero-order chi connectivity index (χ0) is 24.0. The summed E-state index contributed by atoms with van der Waals surface area (Å²) in [5.41, 5.74) is 10.1. The number of benzene rings is 3. The topological polar surface area (TPSA) is 29.9 Å². The molecule has 3 aromatic carbocycles. The van der Waals surface area contributed by atoms with Gasteiger partial charge in [0.2, 0.25) is 0 Å². The largest absolute Gasteiger partial charge is 0.455 e. The second kappa shape index (κ2) is 6.91. The number of furan rings is 1. The Bertz CT molecular complexity index is 1640. The number of hydrogen-bond acceptors (Lipinski definition) is 2. The fourth-order valence-corrected chi connectivity index (χ4v) is 6.13. The second-order valence-electron chi connectivity index (χ2n) is 11.6. The summed E-state index contributed by atoms with van der Waals surface area (Å²) in [6.45, 7) is 14.0. The molecule has 1 aliphatic rings. The summed E-state index contributed by atoms with van der Waals surface area (Å²) < 4.78 is 8.79. The van der Waals surface area contributed by atoms with E-state index in [1.54, 1.807) is 0 Å². The van der Waals surface area contributed by atoms with E-state index in [4.69, 9.17) is 4.42 Å². The Labute approximate surface area is 201 Å². The first-order valence-electron chi connectivity index (χ1n) is 12.3. The van der Waals surface area contributed by atoms with E-state index in [0.717, 1.165) is 22.4 Å². The molecule has 0 atom stereocenters. The summed E-state index contributed by atoms with van der Waals surface area (Å²) in [4.78, 5) is 4.28. The molecule has 0 spiro atoms. The molecule has 0 fully saturated rings. The van der Waals surface area contributed by atoms with Gasteiger partial charge in [-0.15, -0.1) is 0 Å². The van der Waals surface area contributed by atoms with Gasteiger partial charge in [-0.1, -0.05) is 44.8 Å². The van der Waals surface area contributed by atoms with Gasteiger partial charge in [0.1, 0.15) is 23.1 Å². The highest BCUT2D eigenvalue weighted by molar-refractivity contribution is 6.14. The van der Waals surface area contributed by atoms with Crippen molar-refractivity contribution >= 4 is 32.7 Å². The number of aromatic nitrogens is 2. The van der Waals surface area contributed by atoms with Gasteiger partial charge in [0.15, 0.2) is 0 Å². The van der Waals surface area contributed by atoms with Crippen molar-refractivity contribution in [2.75, 3.05) is 0 Å². The van der Waals surface area contributed by atoms with Gasteiger partial charge >= 0.3 is 0 Å². The molecule has 6 rings (SSSR count). The van der Waals surface area contributed by atoms with E-state index in [2.05, 4.69) is 87.5 Å². The van der Waals surface area contributed by atoms with Gasteiger partial charge in [-0.25, -0.2) is 4.57 Å². The fourth-order valence-electron chi connectivity index (χ4n) is 6.13. The van der Waals surface area contributed by atoms with Gasteiger partial charge < -0.3 is 4.42 Å². The Morgan fingerprint density at radius 3 is 2.41 bits per heavy atom. The van der Waals surface area contributed by atoms with Crippen molar-refractivity contribution in [2.24, 2.45) is 7.05 Å². The molecule has 0 bridgehead atoms. The standard InChI is InChI=1S/C31H33N2O/c1-18-14-23-22-15-20-8-9-24-28(31(5,6)12-11-30(24,3)4)21(20)16-26(22)34-29(23)27(19(18)2)25-10-13-32-17-33(25)7/h8-10,13-17H,11-12H2,1-7H3/q+1. The highest BCUT2D eigenvalue weighted by atomic mass is 16.3. The van der Waals surface area contributed by atoms with Crippen molar-refractivity contribution in [3.8, 4) is 11.3 Å². The van der Waals surface area contributed by atoms with Crippen molar-refractivity contribution in [2.45, 2.75) is 65.2 Å². The summed E-state index contributed by atoms with van der Waals surface area (Å²) in [5, 5.41) is 5.01. The van der Waals surface area contributed by atoms with Crippen LogP contribution in [0.1, 0.15) is 62.8 Å². The maximum atomic E-state index is 6.71. The molecule has 0 saturated carbocycles. The molecule has 0 saturated heterocycles. The van der Waals surface area contributed by atoms with Crippen LogP contribution in [0.2, 0.25) is 0 Å². The van der Waals surface area contributed by atoms with Gasteiger partial charge in [0.25, 0.3) is 6.33 Å². The number of nitrogens with zero attached hydrogens (tertiary/aromatic N) is 2. The Morgan fingerprint density at radius 2 is 1.65 bits per heavy atom. The van der Waals surface area contributed by atoms with E-state index in [-0.39, 0.29) is 10.8 Å². The third kappa shape index (κ3) is 2.89. The van der Waals surface area contributed by atoms with Crippen LogP contribution in [0, 0.1) is 13.8 Å². The van der Waals surface area contributed by atoms with Gasteiger partial charge in [-0.05, 0) is 88.7 Å². The number of rotatable bonds is 1. The van der Waals surface area contributed by atoms with Crippen LogP contribution in [0.15, 0.2) is 53.3 Å². The van der Waals surface area contributed by atoms with Crippen LogP contribution in [0.25, 0.3) is 44.0 Å². The molecule has 3 heteroatoms. The zero-order valence-corrected chi connectivity index (χ0v) is 21.3. The van der Waals surface area contributed by atoms with Gasteiger partial charge in [-0.2, -0.15) is 0 Å². The molecule has 0 unspecified atom stereocenters. The third-order valence-corrected chi connectivity index (χ3v) is 8.40. The monoisotopic (exact) mass is 449 g/mol. The van der Waals surface area contributed by atoms with E-state index in [1.165, 1.54) is 56.6 Å². The van der Waals surface area contributed by atoms with Gasteiger partial charge in [0.05, 0.1) is 12.6 Å². The summed E-state index contributed by atoms with van der Waals surface area (Å²) in [6, 6.07) is 13.7. The highest BCUT2D eigenvalue weighted by Crippen LogP contribution is 2.49. The lowest BCUT2D eigenvalue weighted by Crippen LogP contribution is -2.34. The smallest absolute Gasteiger partial charge is 0.286 e. The number of fused-ring (bicyclic) bond motifs is 6. The molecule has 172 valence electrons. The zero-order valence-electron chi connectivity index (χ0n) is 21.3. The first-order valence-corrected chi connectivity index (χ1v) is 12.3. The molecule has 3 nitrogen and oxygen atoms in total. The Kier molecular flexibility index (Phi) is 4.34. The molecular formula is C31H33N2O+. The van der Waals surface area contributed by atoms with Crippen LogP contribution in [0.3, 0.4) is 0 Å². The number of hydrogen-bond donors (Lipinski definition) is 0. The molecular weight excluding hydrogens is 416 g/mol. The first kappa shape index (κ1) is 21.3. The van der Waals surface area contributed by atoms with Crippen molar-refractivity contribution in [1.82, 2.24) is 4.98 Å². The molecule has 1 aliphatic carbocycles. The molecule has 0 N–H and O–H groups in total.